The summed E-state index contributed by atoms with van der Waals surface area (Å²) in [6.07, 6.45) is 7.39. The molecule has 2 aromatic carbocycles. The first-order valence-electron chi connectivity index (χ1n) is 14.1. The third kappa shape index (κ3) is 4.65. The van der Waals surface area contributed by atoms with Gasteiger partial charge in [-0.2, -0.15) is 0 Å². The molecular formula is C30H34Cl2FN3O3. The van der Waals surface area contributed by atoms with Crippen LogP contribution in [0, 0.1) is 11.7 Å². The molecule has 6 rings (SSSR count). The van der Waals surface area contributed by atoms with Gasteiger partial charge in [-0.15, -0.1) is 0 Å². The maximum absolute atomic E-state index is 15.9. The van der Waals surface area contributed by atoms with E-state index in [0.717, 1.165) is 31.2 Å². The first-order chi connectivity index (χ1) is 18.8. The fourth-order valence-corrected chi connectivity index (χ4v) is 8.02. The fraction of sp³-hybridized carbons (Fsp3) is 0.533. The molecule has 6 nitrogen and oxygen atoms in total. The molecule has 1 saturated heterocycles. The second kappa shape index (κ2) is 10.7. The van der Waals surface area contributed by atoms with E-state index in [4.69, 9.17) is 23.2 Å². The largest absolute Gasteiger partial charge is 0.393 e. The molecule has 0 radical (unpaired) electrons. The second-order valence-electron chi connectivity index (χ2n) is 11.7. The maximum Gasteiger partial charge on any atom is 0.238 e. The van der Waals surface area contributed by atoms with Gasteiger partial charge < -0.3 is 21.1 Å². The van der Waals surface area contributed by atoms with Crippen molar-refractivity contribution in [2.45, 2.75) is 93.3 Å². The van der Waals surface area contributed by atoms with Crippen LogP contribution >= 0.6 is 23.2 Å². The maximum atomic E-state index is 15.9. The molecule has 2 heterocycles. The highest BCUT2D eigenvalue weighted by Gasteiger charge is 2.66. The molecule has 208 valence electrons. The van der Waals surface area contributed by atoms with Crippen molar-refractivity contribution in [2.75, 3.05) is 5.32 Å². The summed E-state index contributed by atoms with van der Waals surface area (Å²) in [7, 11) is 0. The Bertz CT molecular complexity index is 1280. The van der Waals surface area contributed by atoms with Crippen LogP contribution in [0.4, 0.5) is 10.1 Å². The Morgan fingerprint density at radius 2 is 1.82 bits per heavy atom. The highest BCUT2D eigenvalue weighted by atomic mass is 35.5. The van der Waals surface area contributed by atoms with E-state index in [1.807, 2.05) is 6.07 Å². The minimum Gasteiger partial charge on any atom is -0.393 e. The molecule has 0 aromatic heterocycles. The molecule has 3 fully saturated rings. The Morgan fingerprint density at radius 3 is 2.56 bits per heavy atom. The van der Waals surface area contributed by atoms with Crippen LogP contribution in [0.25, 0.3) is 0 Å². The van der Waals surface area contributed by atoms with E-state index in [2.05, 4.69) is 16.0 Å². The van der Waals surface area contributed by atoms with E-state index >= 15 is 4.39 Å². The Morgan fingerprint density at radius 1 is 1.08 bits per heavy atom. The molecule has 4 atom stereocenters. The number of aliphatic hydroxyl groups excluding tert-OH is 1. The fourth-order valence-electron chi connectivity index (χ4n) is 7.66. The SMILES string of the molecule is O=C(N[C@H]1CC[C@@H](O)CC1)[C@@H]1N[C@@H](CC2CCCC2)[C@@]2(C(=O)Nc3cc(Cl)ccc32)[C@H]1c1cccc(Cl)c1F. The highest BCUT2D eigenvalue weighted by molar-refractivity contribution is 6.31. The van der Waals surface area contributed by atoms with Gasteiger partial charge in [-0.25, -0.2) is 4.39 Å². The summed E-state index contributed by atoms with van der Waals surface area (Å²) in [5.74, 6) is -1.55. The summed E-state index contributed by atoms with van der Waals surface area (Å²) < 4.78 is 15.9. The number of aliphatic hydroxyl groups is 1. The van der Waals surface area contributed by atoms with Gasteiger partial charge in [0, 0.05) is 28.7 Å². The summed E-state index contributed by atoms with van der Waals surface area (Å²) in [5.41, 5.74) is 0.355. The zero-order valence-corrected chi connectivity index (χ0v) is 23.2. The van der Waals surface area contributed by atoms with Gasteiger partial charge in [0.25, 0.3) is 0 Å². The van der Waals surface area contributed by atoms with Crippen molar-refractivity contribution >= 4 is 40.7 Å². The van der Waals surface area contributed by atoms with Gasteiger partial charge in [0.1, 0.15) is 11.2 Å². The number of fused-ring (bicyclic) bond motifs is 2. The van der Waals surface area contributed by atoms with Crippen LogP contribution < -0.4 is 16.0 Å². The summed E-state index contributed by atoms with van der Waals surface area (Å²) in [4.78, 5) is 28.2. The van der Waals surface area contributed by atoms with Crippen LogP contribution in [0.1, 0.15) is 74.8 Å². The number of rotatable bonds is 5. The van der Waals surface area contributed by atoms with Crippen molar-refractivity contribution in [1.82, 2.24) is 10.6 Å². The number of halogens is 3. The average Bonchev–Trinajstić information content (AvgIpc) is 3.61. The first kappa shape index (κ1) is 27.0. The van der Waals surface area contributed by atoms with Gasteiger partial charge in [0.2, 0.25) is 11.8 Å². The predicted molar refractivity (Wildman–Crippen MR) is 150 cm³/mol. The lowest BCUT2D eigenvalue weighted by atomic mass is 9.63. The van der Waals surface area contributed by atoms with Crippen molar-refractivity contribution in [3.8, 4) is 0 Å². The van der Waals surface area contributed by atoms with E-state index in [0.29, 0.717) is 48.7 Å². The van der Waals surface area contributed by atoms with Gasteiger partial charge in [-0.05, 0) is 67.3 Å². The molecule has 2 amide bonds. The van der Waals surface area contributed by atoms with Gasteiger partial charge in [0.15, 0.2) is 0 Å². The van der Waals surface area contributed by atoms with Crippen molar-refractivity contribution in [3.63, 3.8) is 0 Å². The second-order valence-corrected chi connectivity index (χ2v) is 12.6. The Hall–Kier alpha value is -2.19. The number of anilines is 1. The van der Waals surface area contributed by atoms with E-state index in [9.17, 15) is 14.7 Å². The van der Waals surface area contributed by atoms with Gasteiger partial charge in [0.05, 0.1) is 17.2 Å². The van der Waals surface area contributed by atoms with Crippen LogP contribution in [0.2, 0.25) is 10.0 Å². The zero-order chi connectivity index (χ0) is 27.3. The van der Waals surface area contributed by atoms with Crippen molar-refractivity contribution in [2.24, 2.45) is 5.92 Å². The van der Waals surface area contributed by atoms with Gasteiger partial charge >= 0.3 is 0 Å². The summed E-state index contributed by atoms with van der Waals surface area (Å²) in [6, 6.07) is 8.79. The standard InChI is InChI=1S/C30H34Cl2FN3O3/c31-17-8-13-21-23(15-17)35-29(39)30(21)24(14-16-4-1-2-5-16)36-27(25(30)20-6-3-7-22(32)26(20)33)28(38)34-18-9-11-19(37)12-10-18/h3,6-8,13,15-16,18-19,24-25,27,36-37H,1-2,4-5,9-12,14H2,(H,34,38)(H,35,39)/t18-,19+,24-,25-,27+,30+/m0/s1. The molecule has 0 unspecified atom stereocenters. The quantitative estimate of drug-likeness (QED) is 0.383. The Balaban J connectivity index is 1.48. The lowest BCUT2D eigenvalue weighted by molar-refractivity contribution is -0.124. The Labute approximate surface area is 238 Å². The molecule has 2 aromatic rings. The third-order valence-electron chi connectivity index (χ3n) is 9.49. The minimum absolute atomic E-state index is 0.0444. The predicted octanol–water partition coefficient (Wildman–Crippen LogP) is 5.45. The van der Waals surface area contributed by atoms with E-state index in [-0.39, 0.29) is 34.5 Å². The minimum atomic E-state index is -1.22. The van der Waals surface area contributed by atoms with Crippen LogP contribution in [-0.2, 0) is 15.0 Å². The van der Waals surface area contributed by atoms with Crippen LogP contribution in [0.15, 0.2) is 36.4 Å². The number of hydrogen-bond acceptors (Lipinski definition) is 4. The third-order valence-corrected chi connectivity index (χ3v) is 10.0. The molecule has 2 saturated carbocycles. The van der Waals surface area contributed by atoms with Gasteiger partial charge in [-0.1, -0.05) is 67.1 Å². The molecule has 0 bridgehead atoms. The number of benzene rings is 2. The summed E-state index contributed by atoms with van der Waals surface area (Å²) in [6.45, 7) is 0. The number of amides is 2. The lowest BCUT2D eigenvalue weighted by Crippen LogP contribution is -2.49. The smallest absolute Gasteiger partial charge is 0.238 e. The number of carbonyl (C=O) groups is 2. The monoisotopic (exact) mass is 573 g/mol. The van der Waals surface area contributed by atoms with Crippen LogP contribution in [0.5, 0.6) is 0 Å². The molecule has 4 aliphatic rings. The van der Waals surface area contributed by atoms with Crippen LogP contribution in [-0.4, -0.2) is 41.2 Å². The van der Waals surface area contributed by atoms with Crippen molar-refractivity contribution < 1.29 is 19.1 Å². The van der Waals surface area contributed by atoms with Gasteiger partial charge in [-0.3, -0.25) is 9.59 Å². The van der Waals surface area contributed by atoms with E-state index < -0.39 is 29.2 Å². The molecule has 2 aliphatic heterocycles. The summed E-state index contributed by atoms with van der Waals surface area (Å²) in [5, 5.41) is 20.1. The lowest BCUT2D eigenvalue weighted by Gasteiger charge is -2.36. The average molecular weight is 575 g/mol. The molecule has 4 N–H and O–H groups in total. The number of nitrogens with one attached hydrogen (secondary N) is 3. The zero-order valence-electron chi connectivity index (χ0n) is 21.7. The summed E-state index contributed by atoms with van der Waals surface area (Å²) >= 11 is 12.6. The normalized spacial score (nSPS) is 32.4. The van der Waals surface area contributed by atoms with E-state index in [1.165, 1.54) is 6.07 Å². The van der Waals surface area contributed by atoms with Crippen molar-refractivity contribution in [1.29, 1.82) is 0 Å². The first-order valence-corrected chi connectivity index (χ1v) is 14.8. The highest BCUT2D eigenvalue weighted by Crippen LogP contribution is 2.57. The molecule has 9 heteroatoms. The molecular weight excluding hydrogens is 540 g/mol. The van der Waals surface area contributed by atoms with Crippen molar-refractivity contribution in [3.05, 3.63) is 63.4 Å². The van der Waals surface area contributed by atoms with E-state index in [1.54, 1.807) is 24.3 Å². The number of hydrogen-bond donors (Lipinski definition) is 4. The molecule has 2 aliphatic carbocycles. The Kier molecular flexibility index (Phi) is 7.38. The van der Waals surface area contributed by atoms with Crippen LogP contribution in [0.3, 0.4) is 0 Å². The molecule has 39 heavy (non-hydrogen) atoms. The number of carbonyl (C=O) groups excluding carboxylic acids is 2. The topological polar surface area (TPSA) is 90.5 Å². The molecule has 1 spiro atoms.